The zero-order valence-corrected chi connectivity index (χ0v) is 16.5. The van der Waals surface area contributed by atoms with Crippen LogP contribution in [-0.4, -0.2) is 80.7 Å². The van der Waals surface area contributed by atoms with Crippen molar-refractivity contribution in [3.8, 4) is 5.75 Å². The number of ether oxygens (including phenoxy) is 2. The van der Waals surface area contributed by atoms with Gasteiger partial charge in [0.25, 0.3) is 0 Å². The largest absolute Gasteiger partial charge is 0.497 e. The van der Waals surface area contributed by atoms with Crippen molar-refractivity contribution in [2.24, 2.45) is 5.92 Å². The fourth-order valence-corrected chi connectivity index (χ4v) is 4.38. The predicted molar refractivity (Wildman–Crippen MR) is 105 cm³/mol. The van der Waals surface area contributed by atoms with Gasteiger partial charge < -0.3 is 24.2 Å². The highest BCUT2D eigenvalue weighted by Gasteiger charge is 2.38. The van der Waals surface area contributed by atoms with Gasteiger partial charge in [-0.1, -0.05) is 0 Å². The van der Waals surface area contributed by atoms with Crippen molar-refractivity contribution < 1.29 is 19.1 Å². The standard InChI is InChI=1S/C21H29N3O4/c1-27-18-6-4-17(5-7-18)22-8-10-23(11-9-22)21(26)16-13-20(25)24(14-16)15-19-3-2-12-28-19/h4-7,16,19H,2-3,8-15H2,1H3. The van der Waals surface area contributed by atoms with Gasteiger partial charge in [-0.25, -0.2) is 0 Å². The molecule has 3 heterocycles. The summed E-state index contributed by atoms with van der Waals surface area (Å²) >= 11 is 0. The van der Waals surface area contributed by atoms with Crippen molar-refractivity contribution in [2.45, 2.75) is 25.4 Å². The van der Waals surface area contributed by atoms with E-state index >= 15 is 0 Å². The summed E-state index contributed by atoms with van der Waals surface area (Å²) in [6, 6.07) is 8.02. The Bertz CT molecular complexity index is 694. The number of hydrogen-bond acceptors (Lipinski definition) is 5. The van der Waals surface area contributed by atoms with E-state index in [0.717, 1.165) is 44.0 Å². The van der Waals surface area contributed by atoms with Crippen molar-refractivity contribution in [1.29, 1.82) is 0 Å². The van der Waals surface area contributed by atoms with Crippen LogP contribution in [-0.2, 0) is 14.3 Å². The monoisotopic (exact) mass is 387 g/mol. The molecule has 7 nitrogen and oxygen atoms in total. The van der Waals surface area contributed by atoms with Gasteiger partial charge in [0.15, 0.2) is 0 Å². The Balaban J connectivity index is 1.28. The maximum absolute atomic E-state index is 12.9. The van der Waals surface area contributed by atoms with Crippen LogP contribution in [0.3, 0.4) is 0 Å². The molecule has 3 fully saturated rings. The number of nitrogens with zero attached hydrogens (tertiary/aromatic N) is 3. The summed E-state index contributed by atoms with van der Waals surface area (Å²) in [5, 5.41) is 0. The molecule has 3 aliphatic heterocycles. The van der Waals surface area contributed by atoms with Crippen LogP contribution in [0, 0.1) is 5.92 Å². The summed E-state index contributed by atoms with van der Waals surface area (Å²) < 4.78 is 10.9. The highest BCUT2D eigenvalue weighted by atomic mass is 16.5. The Morgan fingerprint density at radius 1 is 1.18 bits per heavy atom. The molecule has 0 N–H and O–H groups in total. The predicted octanol–water partition coefficient (Wildman–Crippen LogP) is 1.37. The molecule has 0 radical (unpaired) electrons. The van der Waals surface area contributed by atoms with Gasteiger partial charge in [0.05, 0.1) is 19.1 Å². The molecule has 2 unspecified atom stereocenters. The van der Waals surface area contributed by atoms with Gasteiger partial charge in [-0.05, 0) is 37.1 Å². The van der Waals surface area contributed by atoms with E-state index in [0.29, 0.717) is 32.6 Å². The zero-order chi connectivity index (χ0) is 19.5. The smallest absolute Gasteiger partial charge is 0.228 e. The first-order valence-corrected chi connectivity index (χ1v) is 10.2. The zero-order valence-electron chi connectivity index (χ0n) is 16.5. The lowest BCUT2D eigenvalue weighted by Crippen LogP contribution is -2.50. The maximum atomic E-state index is 12.9. The van der Waals surface area contributed by atoms with E-state index in [1.165, 1.54) is 0 Å². The first-order chi connectivity index (χ1) is 13.6. The second-order valence-electron chi connectivity index (χ2n) is 7.85. The second kappa shape index (κ2) is 8.39. The van der Waals surface area contributed by atoms with E-state index < -0.39 is 0 Å². The molecule has 1 aromatic rings. The van der Waals surface area contributed by atoms with Gasteiger partial charge in [0, 0.05) is 58.0 Å². The number of methoxy groups -OCH3 is 1. The Morgan fingerprint density at radius 3 is 2.57 bits per heavy atom. The van der Waals surface area contributed by atoms with Gasteiger partial charge in [-0.2, -0.15) is 0 Å². The lowest BCUT2D eigenvalue weighted by molar-refractivity contribution is -0.136. The van der Waals surface area contributed by atoms with Gasteiger partial charge in [-0.15, -0.1) is 0 Å². The van der Waals surface area contributed by atoms with Crippen molar-refractivity contribution in [3.05, 3.63) is 24.3 Å². The molecule has 2 atom stereocenters. The molecule has 4 rings (SSSR count). The lowest BCUT2D eigenvalue weighted by Gasteiger charge is -2.37. The second-order valence-corrected chi connectivity index (χ2v) is 7.85. The van der Waals surface area contributed by atoms with Crippen LogP contribution in [0.4, 0.5) is 5.69 Å². The summed E-state index contributed by atoms with van der Waals surface area (Å²) in [5.74, 6) is 0.848. The fraction of sp³-hybridized carbons (Fsp3) is 0.619. The third kappa shape index (κ3) is 4.09. The maximum Gasteiger partial charge on any atom is 0.228 e. The van der Waals surface area contributed by atoms with Crippen LogP contribution in [0.5, 0.6) is 5.75 Å². The normalized spacial score (nSPS) is 25.5. The lowest BCUT2D eigenvalue weighted by atomic mass is 10.1. The number of hydrogen-bond donors (Lipinski definition) is 0. The Kier molecular flexibility index (Phi) is 5.71. The molecular weight excluding hydrogens is 358 g/mol. The number of amides is 2. The van der Waals surface area contributed by atoms with E-state index in [9.17, 15) is 9.59 Å². The number of carbonyl (C=O) groups excluding carboxylic acids is 2. The quantitative estimate of drug-likeness (QED) is 0.764. The van der Waals surface area contributed by atoms with Crippen molar-refractivity contribution in [3.63, 3.8) is 0 Å². The molecule has 28 heavy (non-hydrogen) atoms. The molecule has 3 saturated heterocycles. The third-order valence-electron chi connectivity index (χ3n) is 6.04. The molecule has 0 aliphatic carbocycles. The summed E-state index contributed by atoms with van der Waals surface area (Å²) in [4.78, 5) is 31.3. The van der Waals surface area contributed by atoms with E-state index in [2.05, 4.69) is 17.0 Å². The molecular formula is C21H29N3O4. The molecule has 0 saturated carbocycles. The summed E-state index contributed by atoms with van der Waals surface area (Å²) in [5.41, 5.74) is 1.15. The number of piperazine rings is 1. The third-order valence-corrected chi connectivity index (χ3v) is 6.04. The van der Waals surface area contributed by atoms with Gasteiger partial charge >= 0.3 is 0 Å². The van der Waals surface area contributed by atoms with E-state index in [1.807, 2.05) is 21.9 Å². The highest BCUT2D eigenvalue weighted by molar-refractivity contribution is 5.89. The summed E-state index contributed by atoms with van der Waals surface area (Å²) in [6.07, 6.45) is 2.55. The van der Waals surface area contributed by atoms with E-state index in [-0.39, 0.29) is 23.8 Å². The average Bonchev–Trinajstić information content (AvgIpc) is 3.38. The SMILES string of the molecule is COc1ccc(N2CCN(C(=O)C3CC(=O)N(CC4CCCO4)C3)CC2)cc1. The van der Waals surface area contributed by atoms with Crippen molar-refractivity contribution >= 4 is 17.5 Å². The van der Waals surface area contributed by atoms with E-state index in [1.54, 1.807) is 7.11 Å². The van der Waals surface area contributed by atoms with Crippen LogP contribution >= 0.6 is 0 Å². The van der Waals surface area contributed by atoms with Crippen LogP contribution in [0.1, 0.15) is 19.3 Å². The first-order valence-electron chi connectivity index (χ1n) is 10.2. The van der Waals surface area contributed by atoms with Gasteiger partial charge in [0.2, 0.25) is 11.8 Å². The molecule has 3 aliphatic rings. The van der Waals surface area contributed by atoms with Gasteiger partial charge in [-0.3, -0.25) is 9.59 Å². The number of carbonyl (C=O) groups is 2. The Morgan fingerprint density at radius 2 is 1.93 bits per heavy atom. The van der Waals surface area contributed by atoms with Crippen LogP contribution < -0.4 is 9.64 Å². The van der Waals surface area contributed by atoms with Crippen molar-refractivity contribution in [2.75, 3.05) is 57.9 Å². The topological polar surface area (TPSA) is 62.3 Å². The van der Waals surface area contributed by atoms with Crippen LogP contribution in [0.2, 0.25) is 0 Å². The molecule has 7 heteroatoms. The minimum Gasteiger partial charge on any atom is -0.497 e. The molecule has 0 aromatic heterocycles. The number of likely N-dealkylation sites (tertiary alicyclic amines) is 1. The molecule has 0 bridgehead atoms. The average molecular weight is 387 g/mol. The Labute approximate surface area is 166 Å². The molecule has 2 amide bonds. The van der Waals surface area contributed by atoms with Crippen molar-refractivity contribution in [1.82, 2.24) is 9.80 Å². The fourth-order valence-electron chi connectivity index (χ4n) is 4.38. The minimum atomic E-state index is -0.207. The van der Waals surface area contributed by atoms with E-state index in [4.69, 9.17) is 9.47 Å². The highest BCUT2D eigenvalue weighted by Crippen LogP contribution is 2.25. The summed E-state index contributed by atoms with van der Waals surface area (Å²) in [6.45, 7) is 4.96. The van der Waals surface area contributed by atoms with Gasteiger partial charge in [0.1, 0.15) is 5.75 Å². The Hall–Kier alpha value is -2.28. The van der Waals surface area contributed by atoms with Crippen LogP contribution in [0.25, 0.3) is 0 Å². The molecule has 152 valence electrons. The number of rotatable bonds is 5. The minimum absolute atomic E-state index is 0.0886. The number of benzene rings is 1. The number of anilines is 1. The summed E-state index contributed by atoms with van der Waals surface area (Å²) in [7, 11) is 1.66. The van der Waals surface area contributed by atoms with Crippen LogP contribution in [0.15, 0.2) is 24.3 Å². The molecule has 0 spiro atoms. The molecule has 1 aromatic carbocycles. The first kappa shape index (κ1) is 19.1.